The maximum Gasteiger partial charge on any atom is 0.209 e. The van der Waals surface area contributed by atoms with Crippen LogP contribution in [-0.4, -0.2) is 58.0 Å². The fourth-order valence-corrected chi connectivity index (χ4v) is 1.53. The van der Waals surface area contributed by atoms with E-state index in [1.807, 2.05) is 0 Å². The molecule has 4 unspecified atom stereocenters. The minimum atomic E-state index is -1.15. The van der Waals surface area contributed by atoms with E-state index in [-0.39, 0.29) is 5.92 Å². The van der Waals surface area contributed by atoms with Gasteiger partial charge < -0.3 is 20.2 Å². The molecule has 5 nitrogen and oxygen atoms in total. The molecule has 3 N–H and O–H groups in total. The van der Waals surface area contributed by atoms with E-state index < -0.39 is 24.4 Å². The van der Waals surface area contributed by atoms with E-state index in [2.05, 4.69) is 0 Å². The highest BCUT2D eigenvalue weighted by Gasteiger charge is 2.33. The Morgan fingerprint density at radius 3 is 1.80 bits per heavy atom. The first-order chi connectivity index (χ1) is 6.82. The summed E-state index contributed by atoms with van der Waals surface area (Å²) in [6, 6.07) is -0.792. The molecule has 0 fully saturated rings. The van der Waals surface area contributed by atoms with Crippen molar-refractivity contribution >= 4 is 6.41 Å². The second-order valence-electron chi connectivity index (χ2n) is 4.23. The van der Waals surface area contributed by atoms with Gasteiger partial charge in [0, 0.05) is 7.05 Å². The van der Waals surface area contributed by atoms with E-state index >= 15 is 0 Å². The predicted octanol–water partition coefficient (Wildman–Crippen LogP) is -0.798. The molecule has 0 bridgehead atoms. The van der Waals surface area contributed by atoms with Gasteiger partial charge in [-0.2, -0.15) is 0 Å². The van der Waals surface area contributed by atoms with Crippen molar-refractivity contribution in [2.45, 2.75) is 45.1 Å². The third-order valence-electron chi connectivity index (χ3n) is 2.51. The molecule has 0 radical (unpaired) electrons. The summed E-state index contributed by atoms with van der Waals surface area (Å²) in [5.74, 6) is -0.138. The normalized spacial score (nSPS) is 19.5. The zero-order valence-corrected chi connectivity index (χ0v) is 9.66. The highest BCUT2D eigenvalue weighted by atomic mass is 16.3. The molecular weight excluding hydrogens is 198 g/mol. The molecule has 90 valence electrons. The van der Waals surface area contributed by atoms with Gasteiger partial charge in [0.2, 0.25) is 6.41 Å². The van der Waals surface area contributed by atoms with Crippen LogP contribution in [0.5, 0.6) is 0 Å². The molecule has 15 heavy (non-hydrogen) atoms. The van der Waals surface area contributed by atoms with Crippen LogP contribution in [0.25, 0.3) is 0 Å². The first-order valence-corrected chi connectivity index (χ1v) is 5.04. The number of aliphatic hydroxyl groups excluding tert-OH is 3. The van der Waals surface area contributed by atoms with Gasteiger partial charge in [-0.1, -0.05) is 13.8 Å². The van der Waals surface area contributed by atoms with E-state index in [0.29, 0.717) is 6.41 Å². The molecule has 0 saturated heterocycles. The topological polar surface area (TPSA) is 81.0 Å². The highest BCUT2D eigenvalue weighted by molar-refractivity contribution is 5.47. The van der Waals surface area contributed by atoms with Crippen molar-refractivity contribution in [3.63, 3.8) is 0 Å². The largest absolute Gasteiger partial charge is 0.391 e. The van der Waals surface area contributed by atoms with Crippen molar-refractivity contribution in [3.05, 3.63) is 0 Å². The number of rotatable bonds is 6. The zero-order valence-electron chi connectivity index (χ0n) is 9.66. The molecule has 0 aliphatic heterocycles. The van der Waals surface area contributed by atoms with E-state index in [9.17, 15) is 20.1 Å². The minimum Gasteiger partial charge on any atom is -0.391 e. The van der Waals surface area contributed by atoms with Crippen LogP contribution in [0.4, 0.5) is 0 Å². The molecule has 0 spiro atoms. The second kappa shape index (κ2) is 6.05. The number of carbonyl (C=O) groups is 1. The SMILES string of the molecule is CC(C)C(O)C(O)C(C(C)O)N(C)C=O. The Morgan fingerprint density at radius 2 is 1.53 bits per heavy atom. The summed E-state index contributed by atoms with van der Waals surface area (Å²) in [7, 11) is 1.46. The summed E-state index contributed by atoms with van der Waals surface area (Å²) in [5, 5.41) is 28.9. The summed E-state index contributed by atoms with van der Waals surface area (Å²) in [6.07, 6.45) is -2.50. The zero-order chi connectivity index (χ0) is 12.2. The van der Waals surface area contributed by atoms with Gasteiger partial charge in [-0.05, 0) is 12.8 Å². The van der Waals surface area contributed by atoms with E-state index in [1.54, 1.807) is 13.8 Å². The maximum atomic E-state index is 10.6. The summed E-state index contributed by atoms with van der Waals surface area (Å²) < 4.78 is 0. The maximum absolute atomic E-state index is 10.6. The van der Waals surface area contributed by atoms with Crippen LogP contribution in [0.15, 0.2) is 0 Å². The van der Waals surface area contributed by atoms with Crippen LogP contribution < -0.4 is 0 Å². The molecule has 0 saturated carbocycles. The third kappa shape index (κ3) is 3.77. The molecule has 0 aromatic carbocycles. The molecule has 0 rings (SSSR count). The van der Waals surface area contributed by atoms with Crippen LogP contribution in [0.3, 0.4) is 0 Å². The minimum absolute atomic E-state index is 0.138. The van der Waals surface area contributed by atoms with Gasteiger partial charge in [-0.15, -0.1) is 0 Å². The molecule has 0 heterocycles. The Hall–Kier alpha value is -0.650. The smallest absolute Gasteiger partial charge is 0.209 e. The molecule has 0 aromatic heterocycles. The standard InChI is InChI=1S/C10H21NO4/c1-6(2)9(14)10(15)8(7(3)13)11(4)5-12/h5-10,13-15H,1-4H3. The first-order valence-electron chi connectivity index (χ1n) is 5.04. The van der Waals surface area contributed by atoms with Gasteiger partial charge in [0.25, 0.3) is 0 Å². The van der Waals surface area contributed by atoms with Crippen molar-refractivity contribution in [2.75, 3.05) is 7.05 Å². The summed E-state index contributed by atoms with van der Waals surface area (Å²) in [6.45, 7) is 4.99. The van der Waals surface area contributed by atoms with Gasteiger partial charge in [0.1, 0.15) is 6.10 Å². The Bertz CT molecular complexity index is 196. The Balaban J connectivity index is 4.69. The van der Waals surface area contributed by atoms with Gasteiger partial charge in [0.15, 0.2) is 0 Å². The van der Waals surface area contributed by atoms with E-state index in [1.165, 1.54) is 18.9 Å². The van der Waals surface area contributed by atoms with Crippen molar-refractivity contribution in [1.82, 2.24) is 4.90 Å². The quantitative estimate of drug-likeness (QED) is 0.511. The van der Waals surface area contributed by atoms with Gasteiger partial charge in [-0.25, -0.2) is 0 Å². The number of hydrogen-bond acceptors (Lipinski definition) is 4. The second-order valence-corrected chi connectivity index (χ2v) is 4.23. The number of carbonyl (C=O) groups excluding carboxylic acids is 1. The Labute approximate surface area is 90.3 Å². The van der Waals surface area contributed by atoms with E-state index in [4.69, 9.17) is 0 Å². The van der Waals surface area contributed by atoms with Crippen LogP contribution in [0.1, 0.15) is 20.8 Å². The molecular formula is C10H21NO4. The highest BCUT2D eigenvalue weighted by Crippen LogP contribution is 2.15. The van der Waals surface area contributed by atoms with Gasteiger partial charge in [-0.3, -0.25) is 4.79 Å². The lowest BCUT2D eigenvalue weighted by Gasteiger charge is -2.35. The number of likely N-dealkylation sites (N-methyl/N-ethyl adjacent to an activating group) is 1. The lowest BCUT2D eigenvalue weighted by Crippen LogP contribution is -2.53. The molecule has 0 aromatic rings. The summed E-state index contributed by atoms with van der Waals surface area (Å²) in [4.78, 5) is 11.7. The lowest BCUT2D eigenvalue weighted by atomic mass is 9.93. The molecule has 0 aliphatic carbocycles. The monoisotopic (exact) mass is 219 g/mol. The summed E-state index contributed by atoms with van der Waals surface area (Å²) >= 11 is 0. The predicted molar refractivity (Wildman–Crippen MR) is 56.1 cm³/mol. The van der Waals surface area contributed by atoms with E-state index in [0.717, 1.165) is 0 Å². The number of amides is 1. The van der Waals surface area contributed by atoms with Crippen LogP contribution in [-0.2, 0) is 4.79 Å². The molecule has 1 amide bonds. The number of aliphatic hydroxyl groups is 3. The van der Waals surface area contributed by atoms with Crippen molar-refractivity contribution in [2.24, 2.45) is 5.92 Å². The first kappa shape index (κ1) is 14.3. The lowest BCUT2D eigenvalue weighted by molar-refractivity contribution is -0.130. The van der Waals surface area contributed by atoms with Crippen LogP contribution in [0, 0.1) is 5.92 Å². The van der Waals surface area contributed by atoms with Gasteiger partial charge in [0.05, 0.1) is 18.2 Å². The van der Waals surface area contributed by atoms with Crippen LogP contribution in [0.2, 0.25) is 0 Å². The fraction of sp³-hybridized carbons (Fsp3) is 0.900. The molecule has 5 heteroatoms. The number of nitrogens with zero attached hydrogens (tertiary/aromatic N) is 1. The van der Waals surface area contributed by atoms with Crippen LogP contribution >= 0.6 is 0 Å². The Morgan fingerprint density at radius 1 is 1.07 bits per heavy atom. The third-order valence-corrected chi connectivity index (χ3v) is 2.51. The Kier molecular flexibility index (Phi) is 5.79. The molecule has 0 aliphatic rings. The van der Waals surface area contributed by atoms with Crippen molar-refractivity contribution in [1.29, 1.82) is 0 Å². The van der Waals surface area contributed by atoms with Crippen molar-refractivity contribution < 1.29 is 20.1 Å². The fourth-order valence-electron chi connectivity index (χ4n) is 1.53. The summed E-state index contributed by atoms with van der Waals surface area (Å²) in [5.41, 5.74) is 0. The molecule has 4 atom stereocenters. The number of hydrogen-bond donors (Lipinski definition) is 3. The van der Waals surface area contributed by atoms with Gasteiger partial charge >= 0.3 is 0 Å². The van der Waals surface area contributed by atoms with Crippen molar-refractivity contribution in [3.8, 4) is 0 Å². The average Bonchev–Trinajstić information content (AvgIpc) is 2.15. The average molecular weight is 219 g/mol.